The number of hydrogen-bond donors (Lipinski definition) is 2. The molecule has 3 aromatic heterocycles. The number of piperazine rings is 1. The first-order valence-corrected chi connectivity index (χ1v) is 21.3. The van der Waals surface area contributed by atoms with Gasteiger partial charge < -0.3 is 34.2 Å². The summed E-state index contributed by atoms with van der Waals surface area (Å²) in [5, 5.41) is 7.65. The van der Waals surface area contributed by atoms with Crippen LogP contribution in [0.1, 0.15) is 48.1 Å². The molecule has 1 saturated heterocycles. The Morgan fingerprint density at radius 2 is 1.74 bits per heavy atom. The van der Waals surface area contributed by atoms with E-state index in [1.807, 2.05) is 30.3 Å². The van der Waals surface area contributed by atoms with E-state index >= 15 is 0 Å². The molecule has 14 nitrogen and oxygen atoms in total. The molecule has 322 valence electrons. The number of pyridine rings is 1. The third kappa shape index (κ3) is 12.3. The van der Waals surface area contributed by atoms with Crippen molar-refractivity contribution in [2.45, 2.75) is 51.0 Å². The van der Waals surface area contributed by atoms with Crippen LogP contribution in [-0.2, 0) is 47.9 Å². The minimum absolute atomic E-state index is 0.0147. The van der Waals surface area contributed by atoms with Crippen molar-refractivity contribution in [3.05, 3.63) is 114 Å². The monoisotopic (exact) mass is 839 g/mol. The number of carbonyl (C=O) groups is 3. The average Bonchev–Trinajstić information content (AvgIpc) is 3.94. The summed E-state index contributed by atoms with van der Waals surface area (Å²) in [7, 11) is 0. The summed E-state index contributed by atoms with van der Waals surface area (Å²) >= 11 is 0. The van der Waals surface area contributed by atoms with Crippen molar-refractivity contribution in [3.8, 4) is 23.2 Å². The molecule has 0 saturated carbocycles. The van der Waals surface area contributed by atoms with Crippen LogP contribution in [-0.4, -0.2) is 109 Å². The van der Waals surface area contributed by atoms with Crippen LogP contribution >= 0.6 is 0 Å². The number of aromatic nitrogens is 3. The molecule has 2 N–H and O–H groups in total. The molecule has 2 aromatic carbocycles. The number of para-hydroxylation sites is 1. The Kier molecular flexibility index (Phi) is 15.8. The standard InChI is InChI=1S/C48H53N7O7/c1-2-44(57)54-22-23-55(45(58)34-54)46-19-17-40(62-46)16-18-43(56)50-21-6-3-7-24-59-26-28-61-29-27-60-25-9-10-35-14-15-36-31-39(32-38(36)30-35)51-48-41-12-4-5-13-42(41)52-47(53-48)37-11-8-20-49-33-37/h2,4-5,8,11-15,17,19-20,30,33,39H,1,3,6-7,16,18,21-29,31-32,34H2,(H,50,56)(H,51,52,53). The molecule has 1 atom stereocenters. The first-order chi connectivity index (χ1) is 30.4. The molecule has 62 heavy (non-hydrogen) atoms. The fourth-order valence-electron chi connectivity index (χ4n) is 7.43. The summed E-state index contributed by atoms with van der Waals surface area (Å²) in [4.78, 5) is 53.5. The number of fused-ring (bicyclic) bond motifs is 2. The van der Waals surface area contributed by atoms with Crippen LogP contribution in [0.5, 0.6) is 0 Å². The maximum atomic E-state index is 12.5. The third-order valence-corrected chi connectivity index (χ3v) is 10.7. The molecule has 7 rings (SSSR count). The van der Waals surface area contributed by atoms with Crippen LogP contribution in [0.15, 0.2) is 96.2 Å². The average molecular weight is 840 g/mol. The van der Waals surface area contributed by atoms with E-state index in [2.05, 4.69) is 58.3 Å². The lowest BCUT2D eigenvalue weighted by Gasteiger charge is -2.32. The van der Waals surface area contributed by atoms with Gasteiger partial charge >= 0.3 is 0 Å². The van der Waals surface area contributed by atoms with Crippen LogP contribution < -0.4 is 15.5 Å². The Morgan fingerprint density at radius 1 is 0.903 bits per heavy atom. The Hall–Kier alpha value is -6.40. The molecule has 1 aliphatic carbocycles. The topological polar surface area (TPSA) is 161 Å². The van der Waals surface area contributed by atoms with Crippen molar-refractivity contribution in [3.63, 3.8) is 0 Å². The van der Waals surface area contributed by atoms with E-state index in [9.17, 15) is 14.4 Å². The van der Waals surface area contributed by atoms with Gasteiger partial charge in [-0.2, -0.15) is 0 Å². The smallest absolute Gasteiger partial charge is 0.248 e. The molecule has 2 aliphatic rings. The molecule has 4 heterocycles. The maximum Gasteiger partial charge on any atom is 0.248 e. The molecule has 1 aliphatic heterocycles. The number of ether oxygens (including phenoxy) is 3. The highest BCUT2D eigenvalue weighted by Crippen LogP contribution is 2.30. The van der Waals surface area contributed by atoms with Crippen molar-refractivity contribution in [2.24, 2.45) is 0 Å². The number of nitrogens with one attached hydrogen (secondary N) is 2. The fourth-order valence-corrected chi connectivity index (χ4v) is 7.43. The van der Waals surface area contributed by atoms with Gasteiger partial charge in [0.25, 0.3) is 0 Å². The maximum absolute atomic E-state index is 12.5. The summed E-state index contributed by atoms with van der Waals surface area (Å²) in [5.74, 6) is 8.38. The minimum atomic E-state index is -0.265. The molecule has 3 amide bonds. The zero-order valence-electron chi connectivity index (χ0n) is 35.0. The van der Waals surface area contributed by atoms with Gasteiger partial charge in [0.05, 0.1) is 31.9 Å². The number of unbranched alkanes of at least 4 members (excludes halogenated alkanes) is 2. The van der Waals surface area contributed by atoms with E-state index in [1.165, 1.54) is 27.0 Å². The normalized spacial score (nSPS) is 14.6. The SMILES string of the molecule is C=CC(=O)N1CCN(c2ccc(CCC(=O)NCCCCCOCCOCCOCC#Cc3ccc4c(c3)CC(Nc3nc(-c5cccnc5)nc5ccccc35)C4)o2)C(=O)C1. The van der Waals surface area contributed by atoms with Gasteiger partial charge in [-0.25, -0.2) is 9.97 Å². The van der Waals surface area contributed by atoms with Crippen molar-refractivity contribution < 1.29 is 33.0 Å². The second-order valence-corrected chi connectivity index (χ2v) is 15.1. The highest BCUT2D eigenvalue weighted by atomic mass is 16.5. The lowest BCUT2D eigenvalue weighted by Crippen LogP contribution is -2.52. The first kappa shape index (κ1) is 43.7. The number of anilines is 2. The Morgan fingerprint density at radius 3 is 2.58 bits per heavy atom. The van der Waals surface area contributed by atoms with Crippen molar-refractivity contribution >= 4 is 40.3 Å². The number of benzene rings is 2. The van der Waals surface area contributed by atoms with Crippen molar-refractivity contribution in [1.82, 2.24) is 25.2 Å². The summed E-state index contributed by atoms with van der Waals surface area (Å²) in [6, 6.07) is 22.1. The van der Waals surface area contributed by atoms with Gasteiger partial charge in [0.15, 0.2) is 5.82 Å². The van der Waals surface area contributed by atoms with E-state index in [0.717, 1.165) is 60.0 Å². The predicted octanol–water partition coefficient (Wildman–Crippen LogP) is 5.55. The Labute approximate surface area is 362 Å². The molecule has 0 spiro atoms. The van der Waals surface area contributed by atoms with Crippen molar-refractivity contribution in [2.75, 3.05) is 76.0 Å². The van der Waals surface area contributed by atoms with E-state index in [1.54, 1.807) is 24.5 Å². The Bertz CT molecular complexity index is 2370. The number of rotatable bonds is 21. The highest BCUT2D eigenvalue weighted by Gasteiger charge is 2.29. The molecule has 1 fully saturated rings. The van der Waals surface area contributed by atoms with Crippen LogP contribution in [0.4, 0.5) is 11.7 Å². The molecule has 14 heteroatoms. The number of amides is 3. The number of aryl methyl sites for hydroxylation is 1. The first-order valence-electron chi connectivity index (χ1n) is 21.3. The van der Waals surface area contributed by atoms with Gasteiger partial charge in [0.1, 0.15) is 24.7 Å². The second-order valence-electron chi connectivity index (χ2n) is 15.1. The van der Waals surface area contributed by atoms with Gasteiger partial charge in [0.2, 0.25) is 23.6 Å². The zero-order valence-corrected chi connectivity index (χ0v) is 35.0. The summed E-state index contributed by atoms with van der Waals surface area (Å²) in [5.41, 5.74) is 5.37. The number of nitrogens with zero attached hydrogens (tertiary/aromatic N) is 5. The fraction of sp³-hybridized carbons (Fsp3) is 0.375. The number of hydrogen-bond acceptors (Lipinski definition) is 11. The van der Waals surface area contributed by atoms with Crippen LogP contribution in [0.3, 0.4) is 0 Å². The van der Waals surface area contributed by atoms with Gasteiger partial charge in [-0.05, 0) is 91.8 Å². The van der Waals surface area contributed by atoms with Crippen LogP contribution in [0.2, 0.25) is 0 Å². The van der Waals surface area contributed by atoms with Gasteiger partial charge in [-0.3, -0.25) is 24.3 Å². The third-order valence-electron chi connectivity index (χ3n) is 10.7. The van der Waals surface area contributed by atoms with Gasteiger partial charge in [-0.1, -0.05) is 36.6 Å². The lowest BCUT2D eigenvalue weighted by atomic mass is 10.1. The van der Waals surface area contributed by atoms with E-state index < -0.39 is 0 Å². The minimum Gasteiger partial charge on any atom is -0.445 e. The molecule has 0 radical (unpaired) electrons. The molecular formula is C48H53N7O7. The second kappa shape index (κ2) is 22.4. The zero-order chi connectivity index (χ0) is 42.9. The largest absolute Gasteiger partial charge is 0.445 e. The summed E-state index contributed by atoms with van der Waals surface area (Å²) in [6.07, 6.45) is 9.97. The van der Waals surface area contributed by atoms with Crippen LogP contribution in [0.25, 0.3) is 22.3 Å². The number of carbonyl (C=O) groups excluding carboxylic acids is 3. The summed E-state index contributed by atoms with van der Waals surface area (Å²) < 4.78 is 22.8. The lowest BCUT2D eigenvalue weighted by molar-refractivity contribution is -0.133. The quantitative estimate of drug-likeness (QED) is 0.0542. The van der Waals surface area contributed by atoms with Crippen LogP contribution in [0, 0.1) is 11.8 Å². The Balaban J connectivity index is 0.688. The van der Waals surface area contributed by atoms with Gasteiger partial charge in [0, 0.05) is 80.1 Å². The van der Waals surface area contributed by atoms with E-state index in [-0.39, 0.29) is 30.3 Å². The molecule has 5 aromatic rings. The summed E-state index contributed by atoms with van der Waals surface area (Å²) in [6.45, 7) is 7.72. The highest BCUT2D eigenvalue weighted by molar-refractivity contribution is 5.98. The predicted molar refractivity (Wildman–Crippen MR) is 236 cm³/mol. The number of furan rings is 1. The molecule has 0 bridgehead atoms. The van der Waals surface area contributed by atoms with E-state index in [4.69, 9.17) is 28.6 Å². The molecule has 1 unspecified atom stereocenters. The van der Waals surface area contributed by atoms with Gasteiger partial charge in [-0.15, -0.1) is 0 Å². The van der Waals surface area contributed by atoms with E-state index in [0.29, 0.717) is 89.6 Å². The molecular weight excluding hydrogens is 787 g/mol. The van der Waals surface area contributed by atoms with Crippen molar-refractivity contribution in [1.29, 1.82) is 0 Å².